The summed E-state index contributed by atoms with van der Waals surface area (Å²) in [7, 11) is -2.35. The molecule has 1 aromatic heterocycles. The third kappa shape index (κ3) is 4.01. The second kappa shape index (κ2) is 7.89. The van der Waals surface area contributed by atoms with Crippen LogP contribution in [-0.4, -0.2) is 34.9 Å². The van der Waals surface area contributed by atoms with Gasteiger partial charge in [0.1, 0.15) is 4.21 Å². The van der Waals surface area contributed by atoms with Crippen LogP contribution in [0, 0.1) is 0 Å². The minimum atomic E-state index is -3.79. The fraction of sp³-hybridized carbons (Fsp3) is 0.235. The molecule has 1 aliphatic heterocycles. The number of methoxy groups -OCH3 is 1. The van der Waals surface area contributed by atoms with Crippen LogP contribution < -0.4 is 18.9 Å². The Balaban J connectivity index is 2.03. The molecule has 0 radical (unpaired) electrons. The van der Waals surface area contributed by atoms with Crippen molar-refractivity contribution in [2.24, 2.45) is 0 Å². The molecule has 2 aromatic rings. The zero-order valence-electron chi connectivity index (χ0n) is 14.6. The Kier molecular flexibility index (Phi) is 5.57. The van der Waals surface area contributed by atoms with Crippen LogP contribution in [0.15, 0.2) is 33.9 Å². The van der Waals surface area contributed by atoms with Crippen LogP contribution in [0.1, 0.15) is 12.5 Å². The Labute approximate surface area is 160 Å². The minimum absolute atomic E-state index is 0.0789. The van der Waals surface area contributed by atoms with Crippen LogP contribution in [0.4, 0.5) is 5.69 Å². The predicted octanol–water partition coefficient (Wildman–Crippen LogP) is 2.86. The van der Waals surface area contributed by atoms with Crippen molar-refractivity contribution in [3.63, 3.8) is 0 Å². The Morgan fingerprint density at radius 1 is 1.37 bits per heavy atom. The lowest BCUT2D eigenvalue weighted by Gasteiger charge is -2.14. The maximum absolute atomic E-state index is 12.6. The number of esters is 1. The van der Waals surface area contributed by atoms with E-state index in [0.29, 0.717) is 11.3 Å². The van der Waals surface area contributed by atoms with Gasteiger partial charge in [0.05, 0.1) is 19.4 Å². The van der Waals surface area contributed by atoms with E-state index in [1.165, 1.54) is 31.4 Å². The van der Waals surface area contributed by atoms with E-state index in [2.05, 4.69) is 4.72 Å². The van der Waals surface area contributed by atoms with Gasteiger partial charge < -0.3 is 18.9 Å². The summed E-state index contributed by atoms with van der Waals surface area (Å²) in [6.07, 6.45) is 2.68. The third-order valence-corrected chi connectivity index (χ3v) is 6.28. The van der Waals surface area contributed by atoms with Gasteiger partial charge in [0.25, 0.3) is 10.0 Å². The molecule has 0 atom stereocenters. The largest absolute Gasteiger partial charge is 0.492 e. The summed E-state index contributed by atoms with van der Waals surface area (Å²) in [6.45, 7) is 1.86. The van der Waals surface area contributed by atoms with Gasteiger partial charge in [-0.1, -0.05) is 6.07 Å². The van der Waals surface area contributed by atoms with E-state index in [1.807, 2.05) is 0 Å². The quantitative estimate of drug-likeness (QED) is 0.552. The number of hydrogen-bond acceptors (Lipinski definition) is 8. The van der Waals surface area contributed by atoms with Crippen LogP contribution >= 0.6 is 11.3 Å². The van der Waals surface area contributed by atoms with E-state index in [1.54, 1.807) is 18.4 Å². The summed E-state index contributed by atoms with van der Waals surface area (Å²) in [5.41, 5.74) is 0.610. The molecular weight excluding hydrogens is 394 g/mol. The number of anilines is 1. The van der Waals surface area contributed by atoms with Crippen LogP contribution in [0.3, 0.4) is 0 Å². The van der Waals surface area contributed by atoms with Gasteiger partial charge in [-0.25, -0.2) is 13.2 Å². The zero-order chi connectivity index (χ0) is 19.4. The molecule has 0 spiro atoms. The number of thiophene rings is 1. The number of sulfonamides is 1. The molecule has 10 heteroatoms. The van der Waals surface area contributed by atoms with Gasteiger partial charge in [-0.3, -0.25) is 4.72 Å². The average Bonchev–Trinajstić information content (AvgIpc) is 3.32. The molecule has 144 valence electrons. The van der Waals surface area contributed by atoms with Gasteiger partial charge in [0.2, 0.25) is 12.5 Å². The molecule has 0 fully saturated rings. The zero-order valence-corrected chi connectivity index (χ0v) is 16.2. The first-order valence-corrected chi connectivity index (χ1v) is 10.2. The Bertz CT molecular complexity index is 966. The number of nitrogens with one attached hydrogen (secondary N) is 1. The van der Waals surface area contributed by atoms with Crippen LogP contribution in [0.2, 0.25) is 0 Å². The first-order chi connectivity index (χ1) is 13.0. The highest BCUT2D eigenvalue weighted by molar-refractivity contribution is 7.94. The first-order valence-electron chi connectivity index (χ1n) is 7.88. The fourth-order valence-corrected chi connectivity index (χ4v) is 4.48. The summed E-state index contributed by atoms with van der Waals surface area (Å²) >= 11 is 1.09. The molecule has 0 saturated carbocycles. The number of carbonyl (C=O) groups is 1. The van der Waals surface area contributed by atoms with Crippen LogP contribution in [0.25, 0.3) is 6.08 Å². The van der Waals surface area contributed by atoms with Gasteiger partial charge in [-0.05, 0) is 30.5 Å². The van der Waals surface area contributed by atoms with Crippen LogP contribution in [-0.2, 0) is 19.6 Å². The molecule has 2 heterocycles. The normalized spacial score (nSPS) is 13.0. The van der Waals surface area contributed by atoms with Crippen molar-refractivity contribution in [2.75, 3.05) is 25.2 Å². The Hall–Kier alpha value is -2.72. The SMILES string of the molecule is CCOC(=O)C=Cc1cc(NS(=O)(=O)c2cccs2)c2c(c1OC)OCO2. The molecule has 1 aromatic carbocycles. The fourth-order valence-electron chi connectivity index (χ4n) is 2.43. The first kappa shape index (κ1) is 19.1. The topological polar surface area (TPSA) is 100 Å². The smallest absolute Gasteiger partial charge is 0.330 e. The lowest BCUT2D eigenvalue weighted by atomic mass is 10.1. The maximum Gasteiger partial charge on any atom is 0.330 e. The highest BCUT2D eigenvalue weighted by Crippen LogP contribution is 2.49. The standard InChI is InChI=1S/C17H17NO7S2/c1-3-23-13(19)7-6-11-9-12(16-17(15(11)22-2)25-10-24-16)18-27(20,21)14-5-4-8-26-14/h4-9,18H,3,10H2,1-2H3. The molecule has 8 nitrogen and oxygen atoms in total. The van der Waals surface area contributed by atoms with Crippen molar-refractivity contribution < 1.29 is 32.2 Å². The number of benzene rings is 1. The molecular formula is C17H17NO7S2. The molecule has 1 N–H and O–H groups in total. The van der Waals surface area contributed by atoms with E-state index in [-0.39, 0.29) is 34.8 Å². The summed E-state index contributed by atoms with van der Waals surface area (Å²) < 4.78 is 48.8. The summed E-state index contributed by atoms with van der Waals surface area (Å²) in [5, 5.41) is 1.67. The number of hydrogen-bond donors (Lipinski definition) is 1. The van der Waals surface area contributed by atoms with Crippen molar-refractivity contribution in [3.05, 3.63) is 35.2 Å². The van der Waals surface area contributed by atoms with E-state index in [9.17, 15) is 13.2 Å². The molecule has 0 aliphatic carbocycles. The van der Waals surface area contributed by atoms with Gasteiger partial charge in [-0.2, -0.15) is 0 Å². The molecule has 27 heavy (non-hydrogen) atoms. The van der Waals surface area contributed by atoms with E-state index >= 15 is 0 Å². The van der Waals surface area contributed by atoms with Crippen molar-refractivity contribution in [3.8, 4) is 17.2 Å². The van der Waals surface area contributed by atoms with Crippen molar-refractivity contribution in [2.45, 2.75) is 11.1 Å². The molecule has 0 saturated heterocycles. The van der Waals surface area contributed by atoms with E-state index in [4.69, 9.17) is 18.9 Å². The minimum Gasteiger partial charge on any atom is -0.492 e. The Morgan fingerprint density at radius 3 is 2.81 bits per heavy atom. The van der Waals surface area contributed by atoms with E-state index in [0.717, 1.165) is 11.3 Å². The molecule has 0 amide bonds. The molecule has 0 unspecified atom stereocenters. The highest BCUT2D eigenvalue weighted by atomic mass is 32.2. The van der Waals surface area contributed by atoms with Gasteiger partial charge >= 0.3 is 5.97 Å². The van der Waals surface area contributed by atoms with Crippen molar-refractivity contribution in [1.29, 1.82) is 0 Å². The monoisotopic (exact) mass is 411 g/mol. The van der Waals surface area contributed by atoms with Gasteiger partial charge in [0.15, 0.2) is 11.5 Å². The second-order valence-electron chi connectivity index (χ2n) is 5.23. The maximum atomic E-state index is 12.6. The van der Waals surface area contributed by atoms with Crippen molar-refractivity contribution >= 4 is 39.1 Å². The van der Waals surface area contributed by atoms with Crippen molar-refractivity contribution in [1.82, 2.24) is 0 Å². The average molecular weight is 411 g/mol. The van der Waals surface area contributed by atoms with Gasteiger partial charge in [0, 0.05) is 11.6 Å². The lowest BCUT2D eigenvalue weighted by Crippen LogP contribution is -2.12. The summed E-state index contributed by atoms with van der Waals surface area (Å²) in [6, 6.07) is 4.65. The number of carbonyl (C=O) groups excluding carboxylic acids is 1. The summed E-state index contributed by atoms with van der Waals surface area (Å²) in [4.78, 5) is 11.6. The number of ether oxygens (including phenoxy) is 4. The molecule has 1 aliphatic rings. The van der Waals surface area contributed by atoms with E-state index < -0.39 is 16.0 Å². The second-order valence-corrected chi connectivity index (χ2v) is 8.09. The highest BCUT2D eigenvalue weighted by Gasteiger charge is 2.28. The summed E-state index contributed by atoms with van der Waals surface area (Å²) in [5.74, 6) is 0.271. The predicted molar refractivity (Wildman–Crippen MR) is 99.9 cm³/mol. The van der Waals surface area contributed by atoms with Gasteiger partial charge in [-0.15, -0.1) is 11.3 Å². The van der Waals surface area contributed by atoms with Crippen LogP contribution in [0.5, 0.6) is 17.2 Å². The lowest BCUT2D eigenvalue weighted by molar-refractivity contribution is -0.137. The number of fused-ring (bicyclic) bond motifs is 1. The third-order valence-electron chi connectivity index (χ3n) is 3.52. The number of rotatable bonds is 7. The molecule has 0 bridgehead atoms. The molecule has 3 rings (SSSR count). The Morgan fingerprint density at radius 2 is 2.15 bits per heavy atom.